The number of thiazole rings is 1. The summed E-state index contributed by atoms with van der Waals surface area (Å²) in [4.78, 5) is 21.5. The smallest absolute Gasteiger partial charge is 0.261 e. The van der Waals surface area contributed by atoms with Crippen LogP contribution in [0.5, 0.6) is 0 Å². The zero-order valence-corrected chi connectivity index (χ0v) is 15.6. The van der Waals surface area contributed by atoms with Crippen molar-refractivity contribution in [3.8, 4) is 11.1 Å². The number of amides is 1. The van der Waals surface area contributed by atoms with E-state index in [1.807, 2.05) is 35.2 Å². The van der Waals surface area contributed by atoms with E-state index in [0.717, 1.165) is 16.8 Å². The molecule has 4 aromatic rings. The van der Waals surface area contributed by atoms with Gasteiger partial charge in [0.15, 0.2) is 5.13 Å². The maximum atomic E-state index is 12.9. The van der Waals surface area contributed by atoms with Crippen LogP contribution in [0.25, 0.3) is 16.8 Å². The molecule has 0 radical (unpaired) electrons. The molecule has 0 spiro atoms. The van der Waals surface area contributed by atoms with Gasteiger partial charge in [0.2, 0.25) is 0 Å². The van der Waals surface area contributed by atoms with Crippen molar-refractivity contribution in [1.82, 2.24) is 14.4 Å². The Balaban J connectivity index is 1.81. The maximum Gasteiger partial charge on any atom is 0.261 e. The number of aromatic nitrogens is 3. The van der Waals surface area contributed by atoms with Crippen LogP contribution in [-0.2, 0) is 0 Å². The lowest BCUT2D eigenvalue weighted by Crippen LogP contribution is -2.13. The minimum atomic E-state index is -0.207. The third-order valence-corrected chi connectivity index (χ3v) is 5.00. The highest BCUT2D eigenvalue weighted by molar-refractivity contribution is 7.13. The second-order valence-electron chi connectivity index (χ2n) is 6.43. The summed E-state index contributed by atoms with van der Waals surface area (Å²) in [6, 6.07) is 8.28. The zero-order chi connectivity index (χ0) is 18.3. The lowest BCUT2D eigenvalue weighted by Gasteiger charge is -2.10. The van der Waals surface area contributed by atoms with Crippen molar-refractivity contribution < 1.29 is 4.79 Å². The van der Waals surface area contributed by atoms with Crippen LogP contribution in [0.3, 0.4) is 0 Å². The fourth-order valence-electron chi connectivity index (χ4n) is 3.08. The monoisotopic (exact) mass is 362 g/mol. The first-order valence-electron chi connectivity index (χ1n) is 8.28. The highest BCUT2D eigenvalue weighted by Crippen LogP contribution is 2.26. The summed E-state index contributed by atoms with van der Waals surface area (Å²) in [5.74, 6) is -0.207. The van der Waals surface area contributed by atoms with Crippen molar-refractivity contribution in [3.63, 3.8) is 0 Å². The average Bonchev–Trinajstić information content (AvgIpc) is 3.21. The Labute approximate surface area is 155 Å². The molecule has 0 saturated heterocycles. The van der Waals surface area contributed by atoms with Crippen molar-refractivity contribution in [2.75, 3.05) is 5.32 Å². The van der Waals surface area contributed by atoms with E-state index >= 15 is 0 Å². The third-order valence-electron chi connectivity index (χ3n) is 4.13. The van der Waals surface area contributed by atoms with Gasteiger partial charge < -0.3 is 4.40 Å². The van der Waals surface area contributed by atoms with Crippen LogP contribution >= 0.6 is 11.3 Å². The van der Waals surface area contributed by atoms with Gasteiger partial charge in [-0.3, -0.25) is 10.1 Å². The fraction of sp³-hybridized carbons (Fsp3) is 0.150. The number of nitrogens with one attached hydrogen (secondary N) is 1. The number of nitrogens with zero attached hydrogens (tertiary/aromatic N) is 3. The van der Waals surface area contributed by atoms with Gasteiger partial charge >= 0.3 is 0 Å². The van der Waals surface area contributed by atoms with Crippen molar-refractivity contribution in [1.29, 1.82) is 0 Å². The normalized spacial score (nSPS) is 11.0. The fourth-order valence-corrected chi connectivity index (χ4v) is 3.76. The lowest BCUT2D eigenvalue weighted by atomic mass is 10.0. The Hall–Kier alpha value is -2.99. The molecule has 6 heteroatoms. The van der Waals surface area contributed by atoms with Crippen LogP contribution in [0.4, 0.5) is 5.13 Å². The minimum Gasteiger partial charge on any atom is -0.306 e. The van der Waals surface area contributed by atoms with Crippen molar-refractivity contribution in [2.24, 2.45) is 0 Å². The Morgan fingerprint density at radius 3 is 2.54 bits per heavy atom. The number of pyridine rings is 1. The number of fused-ring (bicyclic) bond motifs is 1. The van der Waals surface area contributed by atoms with E-state index in [9.17, 15) is 4.79 Å². The highest BCUT2D eigenvalue weighted by atomic mass is 32.1. The largest absolute Gasteiger partial charge is 0.306 e. The maximum absolute atomic E-state index is 12.9. The van der Waals surface area contributed by atoms with Gasteiger partial charge in [0.05, 0.1) is 11.3 Å². The summed E-state index contributed by atoms with van der Waals surface area (Å²) < 4.78 is 1.88. The predicted molar refractivity (Wildman–Crippen MR) is 105 cm³/mol. The number of anilines is 1. The third kappa shape index (κ3) is 3.11. The molecular formula is C20H18N4OS. The van der Waals surface area contributed by atoms with E-state index in [-0.39, 0.29) is 5.91 Å². The van der Waals surface area contributed by atoms with Crippen LogP contribution < -0.4 is 5.32 Å². The van der Waals surface area contributed by atoms with E-state index in [0.29, 0.717) is 16.3 Å². The molecule has 0 aliphatic rings. The summed E-state index contributed by atoms with van der Waals surface area (Å²) in [7, 11) is 0. The summed E-state index contributed by atoms with van der Waals surface area (Å²) >= 11 is 1.41. The summed E-state index contributed by atoms with van der Waals surface area (Å²) in [6.45, 7) is 6.05. The van der Waals surface area contributed by atoms with Crippen LogP contribution in [0.2, 0.25) is 0 Å². The molecule has 5 nitrogen and oxygen atoms in total. The number of benzene rings is 1. The number of hydrogen-bond acceptors (Lipinski definition) is 4. The van der Waals surface area contributed by atoms with Gasteiger partial charge in [0.25, 0.3) is 5.91 Å². The van der Waals surface area contributed by atoms with E-state index < -0.39 is 0 Å². The van der Waals surface area contributed by atoms with E-state index in [2.05, 4.69) is 47.3 Å². The summed E-state index contributed by atoms with van der Waals surface area (Å²) in [5.41, 5.74) is 6.48. The van der Waals surface area contributed by atoms with Crippen LogP contribution in [-0.4, -0.2) is 20.3 Å². The number of rotatable bonds is 3. The van der Waals surface area contributed by atoms with Crippen molar-refractivity contribution in [3.05, 3.63) is 70.6 Å². The van der Waals surface area contributed by atoms with Crippen LogP contribution in [0.15, 0.2) is 48.2 Å². The van der Waals surface area contributed by atoms with Gasteiger partial charge in [-0.1, -0.05) is 29.3 Å². The number of carbonyl (C=O) groups excluding carboxylic acids is 1. The Bertz CT molecular complexity index is 1110. The molecule has 0 bridgehead atoms. The van der Waals surface area contributed by atoms with Gasteiger partial charge in [-0.25, -0.2) is 9.97 Å². The molecule has 4 rings (SSSR count). The molecule has 3 aromatic heterocycles. The Morgan fingerprint density at radius 2 is 1.85 bits per heavy atom. The average molecular weight is 362 g/mol. The highest BCUT2D eigenvalue weighted by Gasteiger charge is 2.16. The zero-order valence-electron chi connectivity index (χ0n) is 14.8. The van der Waals surface area contributed by atoms with Crippen LogP contribution in [0, 0.1) is 20.8 Å². The quantitative estimate of drug-likeness (QED) is 0.578. The SMILES string of the molecule is Cc1cc(C)cc(-c2cc(C(=O)Nc3nc(C)cs3)c3nccn3c2)c1. The molecule has 1 amide bonds. The molecule has 130 valence electrons. The Kier molecular flexibility index (Phi) is 4.05. The topological polar surface area (TPSA) is 59.3 Å². The molecule has 0 aliphatic carbocycles. The van der Waals surface area contributed by atoms with Gasteiger partial charge in [-0.05, 0) is 38.0 Å². The van der Waals surface area contributed by atoms with E-state index in [1.165, 1.54) is 22.5 Å². The van der Waals surface area contributed by atoms with Gasteiger partial charge in [0, 0.05) is 24.0 Å². The molecule has 26 heavy (non-hydrogen) atoms. The van der Waals surface area contributed by atoms with Crippen LogP contribution in [0.1, 0.15) is 27.2 Å². The molecule has 0 unspecified atom stereocenters. The first kappa shape index (κ1) is 16.5. The molecular weight excluding hydrogens is 344 g/mol. The number of imidazole rings is 1. The van der Waals surface area contributed by atoms with Gasteiger partial charge in [0.1, 0.15) is 5.65 Å². The standard InChI is InChI=1S/C20H18N4OS/c1-12-6-13(2)8-15(7-12)16-9-17(18-21-4-5-24(18)10-16)19(25)23-20-22-14(3)11-26-20/h4-11H,1-3H3,(H,22,23,25). The molecule has 0 saturated carbocycles. The van der Waals surface area contributed by atoms with E-state index in [4.69, 9.17) is 0 Å². The lowest BCUT2D eigenvalue weighted by molar-refractivity contribution is 0.102. The first-order chi connectivity index (χ1) is 12.5. The second-order valence-corrected chi connectivity index (χ2v) is 7.28. The molecule has 1 N–H and O–H groups in total. The van der Waals surface area contributed by atoms with E-state index in [1.54, 1.807) is 6.20 Å². The number of aryl methyl sites for hydroxylation is 3. The molecule has 3 heterocycles. The summed E-state index contributed by atoms with van der Waals surface area (Å²) in [5, 5.41) is 5.38. The summed E-state index contributed by atoms with van der Waals surface area (Å²) in [6.07, 6.45) is 5.55. The van der Waals surface area contributed by atoms with Crippen molar-refractivity contribution >= 4 is 28.0 Å². The van der Waals surface area contributed by atoms with Gasteiger partial charge in [-0.15, -0.1) is 11.3 Å². The number of carbonyl (C=O) groups is 1. The second kappa shape index (κ2) is 6.38. The van der Waals surface area contributed by atoms with Crippen molar-refractivity contribution in [2.45, 2.75) is 20.8 Å². The molecule has 0 aliphatic heterocycles. The molecule has 0 atom stereocenters. The molecule has 0 fully saturated rings. The number of hydrogen-bond donors (Lipinski definition) is 1. The molecule has 1 aromatic carbocycles. The van der Waals surface area contributed by atoms with Gasteiger partial charge in [-0.2, -0.15) is 0 Å². The first-order valence-corrected chi connectivity index (χ1v) is 9.16. The predicted octanol–water partition coefficient (Wildman–Crippen LogP) is 4.64. The minimum absolute atomic E-state index is 0.207. The Morgan fingerprint density at radius 1 is 1.08 bits per heavy atom.